The molecule has 0 saturated heterocycles. The van der Waals surface area contributed by atoms with Gasteiger partial charge < -0.3 is 10.8 Å². The smallest absolute Gasteiger partial charge is 0.0650 e. The zero-order valence-corrected chi connectivity index (χ0v) is 15.4. The number of hydrogen-bond acceptors (Lipinski definition) is 2. The van der Waals surface area contributed by atoms with E-state index in [-0.39, 0.29) is 6.61 Å². The molecule has 0 amide bonds. The normalized spacial score (nSPS) is 16.2. The summed E-state index contributed by atoms with van der Waals surface area (Å²) < 4.78 is 0. The zero-order chi connectivity index (χ0) is 17.4. The monoisotopic (exact) mass is 327 g/mol. The molecule has 0 aromatic heterocycles. The van der Waals surface area contributed by atoms with Crippen LogP contribution in [-0.2, 0) is 12.8 Å². The highest BCUT2D eigenvalue weighted by Crippen LogP contribution is 2.25. The van der Waals surface area contributed by atoms with Gasteiger partial charge >= 0.3 is 0 Å². The second-order valence-corrected chi connectivity index (χ2v) is 7.33. The highest BCUT2D eigenvalue weighted by Gasteiger charge is 2.22. The molecule has 1 atom stereocenters. The number of aryl methyl sites for hydroxylation is 1. The third-order valence-electron chi connectivity index (χ3n) is 4.96. The summed E-state index contributed by atoms with van der Waals surface area (Å²) >= 11 is 0. The fourth-order valence-corrected chi connectivity index (χ4v) is 3.22. The fraction of sp³-hybridized carbons (Fsp3) is 0.545. The highest BCUT2D eigenvalue weighted by atomic mass is 16.3. The molecule has 24 heavy (non-hydrogen) atoms. The molecule has 2 rings (SSSR count). The number of nitrogens with two attached hydrogens (primary N) is 1. The van der Waals surface area contributed by atoms with Gasteiger partial charge in [-0.25, -0.2) is 0 Å². The van der Waals surface area contributed by atoms with E-state index >= 15 is 0 Å². The number of benzene rings is 1. The summed E-state index contributed by atoms with van der Waals surface area (Å²) in [5, 5.41) is 9.50. The lowest BCUT2D eigenvalue weighted by Crippen LogP contribution is -2.41. The highest BCUT2D eigenvalue weighted by molar-refractivity contribution is 5.64. The van der Waals surface area contributed by atoms with Crippen molar-refractivity contribution in [2.75, 3.05) is 6.61 Å². The van der Waals surface area contributed by atoms with Crippen LogP contribution in [0.2, 0.25) is 0 Å². The van der Waals surface area contributed by atoms with Crippen molar-refractivity contribution in [1.82, 2.24) is 0 Å². The minimum atomic E-state index is -0.685. The second kappa shape index (κ2) is 9.19. The first-order valence-corrected chi connectivity index (χ1v) is 9.47. The standard InChI is InChI=1S/C22H33NO/c1-3-4-5-6-7-8-10-18-13-14-20-16-21(22(2,23)17-24)12-9-11-19(20)15-18/h9,12-16,24H,3-8,10-11,17,23H2,1-2H3/t22-/m0/s1. The zero-order valence-electron chi connectivity index (χ0n) is 15.4. The Morgan fingerprint density at radius 1 is 1.12 bits per heavy atom. The first-order chi connectivity index (χ1) is 11.6. The average Bonchev–Trinajstić information content (AvgIpc) is 2.80. The van der Waals surface area contributed by atoms with Gasteiger partial charge in [0, 0.05) is 0 Å². The predicted octanol–water partition coefficient (Wildman–Crippen LogP) is 4.80. The SMILES string of the molecule is CCCCCCCCc1ccc2c(c1)CC=CC([C@@](C)(N)CO)=C2. The molecule has 0 spiro atoms. The van der Waals surface area contributed by atoms with E-state index in [1.807, 2.05) is 6.92 Å². The van der Waals surface area contributed by atoms with E-state index < -0.39 is 5.54 Å². The summed E-state index contributed by atoms with van der Waals surface area (Å²) in [5.74, 6) is 0. The first-order valence-electron chi connectivity index (χ1n) is 9.47. The molecule has 0 radical (unpaired) electrons. The third kappa shape index (κ3) is 5.32. The molecule has 1 aliphatic rings. The maximum Gasteiger partial charge on any atom is 0.0650 e. The molecular weight excluding hydrogens is 294 g/mol. The Morgan fingerprint density at radius 3 is 2.62 bits per heavy atom. The lowest BCUT2D eigenvalue weighted by molar-refractivity contribution is 0.234. The molecule has 132 valence electrons. The Balaban J connectivity index is 1.99. The van der Waals surface area contributed by atoms with Gasteiger partial charge in [-0.1, -0.05) is 69.4 Å². The van der Waals surface area contributed by atoms with Crippen LogP contribution in [0, 0.1) is 0 Å². The van der Waals surface area contributed by atoms with Crippen LogP contribution in [0.15, 0.2) is 35.9 Å². The predicted molar refractivity (Wildman–Crippen MR) is 104 cm³/mol. The third-order valence-corrected chi connectivity index (χ3v) is 4.96. The molecule has 1 aromatic carbocycles. The summed E-state index contributed by atoms with van der Waals surface area (Å²) in [6.07, 6.45) is 16.5. The number of rotatable bonds is 9. The van der Waals surface area contributed by atoms with Gasteiger partial charge in [0.25, 0.3) is 0 Å². The number of hydrogen-bond donors (Lipinski definition) is 2. The van der Waals surface area contributed by atoms with Crippen LogP contribution in [0.4, 0.5) is 0 Å². The minimum Gasteiger partial charge on any atom is -0.394 e. The van der Waals surface area contributed by atoms with E-state index in [9.17, 15) is 5.11 Å². The minimum absolute atomic E-state index is 0.0470. The molecule has 2 heteroatoms. The van der Waals surface area contributed by atoms with Crippen molar-refractivity contribution in [3.05, 3.63) is 52.6 Å². The van der Waals surface area contributed by atoms with Crippen LogP contribution < -0.4 is 5.73 Å². The molecule has 0 bridgehead atoms. The molecule has 0 heterocycles. The maximum atomic E-state index is 9.50. The van der Waals surface area contributed by atoms with Crippen LogP contribution in [0.5, 0.6) is 0 Å². The van der Waals surface area contributed by atoms with Gasteiger partial charge in [-0.3, -0.25) is 0 Å². The number of unbranched alkanes of at least 4 members (excludes halogenated alkanes) is 5. The number of aliphatic hydroxyl groups is 1. The quantitative estimate of drug-likeness (QED) is 0.640. The summed E-state index contributed by atoms with van der Waals surface area (Å²) in [4.78, 5) is 0. The maximum absolute atomic E-state index is 9.50. The molecule has 1 aliphatic carbocycles. The van der Waals surface area contributed by atoms with Crippen molar-refractivity contribution in [2.45, 2.75) is 70.8 Å². The van der Waals surface area contributed by atoms with Gasteiger partial charge in [0.15, 0.2) is 0 Å². The fourth-order valence-electron chi connectivity index (χ4n) is 3.22. The van der Waals surface area contributed by atoms with Gasteiger partial charge in [-0.05, 0) is 54.5 Å². The molecule has 0 saturated carbocycles. The van der Waals surface area contributed by atoms with Crippen molar-refractivity contribution in [1.29, 1.82) is 0 Å². The molecule has 0 aliphatic heterocycles. The van der Waals surface area contributed by atoms with Crippen molar-refractivity contribution >= 4 is 6.08 Å². The van der Waals surface area contributed by atoms with Gasteiger partial charge in [-0.15, -0.1) is 0 Å². The van der Waals surface area contributed by atoms with Crippen LogP contribution in [0.1, 0.15) is 69.1 Å². The summed E-state index contributed by atoms with van der Waals surface area (Å²) in [6.45, 7) is 4.09. The van der Waals surface area contributed by atoms with E-state index in [0.29, 0.717) is 0 Å². The average molecular weight is 328 g/mol. The molecule has 0 fully saturated rings. The van der Waals surface area contributed by atoms with Crippen LogP contribution >= 0.6 is 0 Å². The molecule has 3 N–H and O–H groups in total. The Hall–Kier alpha value is -1.38. The topological polar surface area (TPSA) is 46.2 Å². The Kier molecular flexibility index (Phi) is 7.26. The Morgan fingerprint density at radius 2 is 1.88 bits per heavy atom. The lowest BCUT2D eigenvalue weighted by Gasteiger charge is -2.23. The van der Waals surface area contributed by atoms with Crippen molar-refractivity contribution in [3.63, 3.8) is 0 Å². The molecule has 0 unspecified atom stereocenters. The number of fused-ring (bicyclic) bond motifs is 1. The van der Waals surface area contributed by atoms with Crippen LogP contribution in [0.25, 0.3) is 6.08 Å². The van der Waals surface area contributed by atoms with Gasteiger partial charge in [-0.2, -0.15) is 0 Å². The molecular formula is C22H33NO. The van der Waals surface area contributed by atoms with Gasteiger partial charge in [0.1, 0.15) is 0 Å². The van der Waals surface area contributed by atoms with E-state index in [1.54, 1.807) is 0 Å². The summed E-state index contributed by atoms with van der Waals surface area (Å²) in [5.41, 5.74) is 10.5. The van der Waals surface area contributed by atoms with Crippen molar-refractivity contribution < 1.29 is 5.11 Å². The van der Waals surface area contributed by atoms with Gasteiger partial charge in [0.05, 0.1) is 12.1 Å². The van der Waals surface area contributed by atoms with Crippen molar-refractivity contribution in [3.8, 4) is 0 Å². The van der Waals surface area contributed by atoms with Crippen LogP contribution in [-0.4, -0.2) is 17.3 Å². The number of allylic oxidation sites excluding steroid dienone is 1. The van der Waals surface area contributed by atoms with Crippen LogP contribution in [0.3, 0.4) is 0 Å². The largest absolute Gasteiger partial charge is 0.394 e. The Labute approximate surface area is 147 Å². The Bertz CT molecular complexity index is 584. The number of aliphatic hydroxyl groups excluding tert-OH is 1. The second-order valence-electron chi connectivity index (χ2n) is 7.33. The summed E-state index contributed by atoms with van der Waals surface area (Å²) in [6, 6.07) is 6.80. The van der Waals surface area contributed by atoms with Crippen molar-refractivity contribution in [2.24, 2.45) is 5.73 Å². The molecule has 1 aromatic rings. The van der Waals surface area contributed by atoms with E-state index in [1.165, 1.54) is 61.6 Å². The van der Waals surface area contributed by atoms with E-state index in [2.05, 4.69) is 43.4 Å². The first kappa shape index (κ1) is 19.0. The van der Waals surface area contributed by atoms with E-state index in [0.717, 1.165) is 12.0 Å². The van der Waals surface area contributed by atoms with E-state index in [4.69, 9.17) is 5.73 Å². The molecule has 2 nitrogen and oxygen atoms in total. The lowest BCUT2D eigenvalue weighted by atomic mass is 9.91. The summed E-state index contributed by atoms with van der Waals surface area (Å²) in [7, 11) is 0. The van der Waals surface area contributed by atoms with Gasteiger partial charge in [0.2, 0.25) is 0 Å².